The smallest absolute Gasteiger partial charge is 0.311 e. The van der Waals surface area contributed by atoms with Crippen molar-refractivity contribution in [3.63, 3.8) is 0 Å². The van der Waals surface area contributed by atoms with Crippen LogP contribution in [-0.4, -0.2) is 48.8 Å². The van der Waals surface area contributed by atoms with Crippen molar-refractivity contribution in [3.8, 4) is 5.75 Å². The number of methoxy groups -OCH3 is 1. The van der Waals surface area contributed by atoms with Crippen molar-refractivity contribution < 1.29 is 28.7 Å². The first kappa shape index (κ1) is 20.1. The molecule has 1 atom stereocenters. The minimum Gasteiger partial charge on any atom is -0.497 e. The van der Waals surface area contributed by atoms with Crippen molar-refractivity contribution in [2.45, 2.75) is 6.42 Å². The van der Waals surface area contributed by atoms with Gasteiger partial charge in [-0.25, -0.2) is 0 Å². The lowest BCUT2D eigenvalue weighted by Crippen LogP contribution is -2.43. The van der Waals surface area contributed by atoms with E-state index < -0.39 is 30.3 Å². The number of carbonyl (C=O) groups is 4. The molecule has 29 heavy (non-hydrogen) atoms. The van der Waals surface area contributed by atoms with E-state index in [0.29, 0.717) is 16.9 Å². The van der Waals surface area contributed by atoms with Gasteiger partial charge in [-0.05, 0) is 24.3 Å². The van der Waals surface area contributed by atoms with Crippen LogP contribution in [0.4, 0.5) is 0 Å². The molecule has 2 aromatic rings. The van der Waals surface area contributed by atoms with Gasteiger partial charge in [0, 0.05) is 17.5 Å². The molecular weight excluding hydrogens is 376 g/mol. The number of rotatable bonds is 7. The Morgan fingerprint density at radius 1 is 1.07 bits per heavy atom. The molecule has 1 aliphatic rings. The Morgan fingerprint density at radius 2 is 1.79 bits per heavy atom. The second-order valence-electron chi connectivity index (χ2n) is 6.48. The van der Waals surface area contributed by atoms with Crippen molar-refractivity contribution in [2.75, 3.05) is 20.3 Å². The van der Waals surface area contributed by atoms with Gasteiger partial charge in [-0.2, -0.15) is 0 Å². The van der Waals surface area contributed by atoms with Crippen LogP contribution in [0.2, 0.25) is 0 Å². The van der Waals surface area contributed by atoms with Crippen molar-refractivity contribution in [1.29, 1.82) is 0 Å². The maximum Gasteiger partial charge on any atom is 0.311 e. The number of nitrogens with one attached hydrogen (secondary N) is 1. The fraction of sp³-hybridized carbons (Fsp3) is 0.238. The van der Waals surface area contributed by atoms with Crippen LogP contribution in [0.3, 0.4) is 0 Å². The molecule has 3 rings (SSSR count). The van der Waals surface area contributed by atoms with Gasteiger partial charge in [-0.3, -0.25) is 29.6 Å². The lowest BCUT2D eigenvalue weighted by Gasteiger charge is -2.17. The molecule has 0 radical (unpaired) electrons. The van der Waals surface area contributed by atoms with Gasteiger partial charge in [-0.15, -0.1) is 0 Å². The second-order valence-corrected chi connectivity index (χ2v) is 6.48. The van der Waals surface area contributed by atoms with E-state index in [1.54, 1.807) is 54.6 Å². The highest BCUT2D eigenvalue weighted by atomic mass is 16.5. The van der Waals surface area contributed by atoms with Gasteiger partial charge >= 0.3 is 5.97 Å². The van der Waals surface area contributed by atoms with E-state index in [4.69, 9.17) is 9.47 Å². The number of esters is 1. The molecule has 1 aliphatic heterocycles. The summed E-state index contributed by atoms with van der Waals surface area (Å²) in [6.45, 7) is -0.448. The monoisotopic (exact) mass is 396 g/mol. The van der Waals surface area contributed by atoms with Crippen LogP contribution in [0, 0.1) is 5.92 Å². The predicted octanol–water partition coefficient (Wildman–Crippen LogP) is 1.61. The third-order valence-corrected chi connectivity index (χ3v) is 4.47. The largest absolute Gasteiger partial charge is 0.497 e. The third-order valence-electron chi connectivity index (χ3n) is 4.47. The maximum absolute atomic E-state index is 12.3. The van der Waals surface area contributed by atoms with Crippen molar-refractivity contribution in [3.05, 3.63) is 65.7 Å². The molecule has 1 saturated heterocycles. The van der Waals surface area contributed by atoms with E-state index in [1.165, 1.54) is 7.11 Å². The highest BCUT2D eigenvalue weighted by Gasteiger charge is 2.36. The average molecular weight is 396 g/mol. The number of benzene rings is 2. The molecule has 8 nitrogen and oxygen atoms in total. The van der Waals surface area contributed by atoms with Gasteiger partial charge in [0.25, 0.3) is 5.91 Å². The van der Waals surface area contributed by atoms with E-state index >= 15 is 0 Å². The van der Waals surface area contributed by atoms with Gasteiger partial charge in [0.15, 0.2) is 12.4 Å². The Labute approximate surface area is 167 Å². The molecule has 2 amide bonds. The molecule has 0 spiro atoms. The van der Waals surface area contributed by atoms with Crippen molar-refractivity contribution in [1.82, 2.24) is 10.4 Å². The summed E-state index contributed by atoms with van der Waals surface area (Å²) in [7, 11) is 1.49. The topological polar surface area (TPSA) is 102 Å². The number of hydrazine groups is 1. The number of hydrogen-bond donors (Lipinski definition) is 1. The Bertz CT molecular complexity index is 928. The van der Waals surface area contributed by atoms with Crippen LogP contribution in [0.15, 0.2) is 54.6 Å². The SMILES string of the molecule is COc1cccc(C(=O)COC(=O)[C@@H]2CC(=O)N(NC(=O)c3ccccc3)C2)c1. The summed E-state index contributed by atoms with van der Waals surface area (Å²) in [6, 6.07) is 14.9. The number of ketones is 1. The molecular formula is C21H20N2O6. The van der Waals surface area contributed by atoms with Gasteiger partial charge in [0.2, 0.25) is 5.91 Å². The third kappa shape index (κ3) is 4.98. The molecule has 1 N–H and O–H groups in total. The summed E-state index contributed by atoms with van der Waals surface area (Å²) >= 11 is 0. The van der Waals surface area contributed by atoms with Crippen LogP contribution in [0.1, 0.15) is 27.1 Å². The summed E-state index contributed by atoms with van der Waals surface area (Å²) in [5.74, 6) is -2.11. The fourth-order valence-corrected chi connectivity index (χ4v) is 2.88. The standard InChI is InChI=1S/C21H20N2O6/c1-28-17-9-5-8-15(10-17)18(24)13-29-21(27)16-11-19(25)23(12-16)22-20(26)14-6-3-2-4-7-14/h2-10,16H,11-13H2,1H3,(H,22,26)/t16-/m1/s1. The average Bonchev–Trinajstić information content (AvgIpc) is 3.12. The first-order chi connectivity index (χ1) is 14.0. The fourth-order valence-electron chi connectivity index (χ4n) is 2.88. The van der Waals surface area contributed by atoms with E-state index in [2.05, 4.69) is 5.43 Å². The predicted molar refractivity (Wildman–Crippen MR) is 102 cm³/mol. The zero-order chi connectivity index (χ0) is 20.8. The molecule has 0 unspecified atom stereocenters. The molecule has 8 heteroatoms. The minimum atomic E-state index is -0.753. The van der Waals surface area contributed by atoms with Crippen molar-refractivity contribution >= 4 is 23.6 Å². The van der Waals surface area contributed by atoms with E-state index in [9.17, 15) is 19.2 Å². The summed E-state index contributed by atoms with van der Waals surface area (Å²) in [5, 5.41) is 1.10. The lowest BCUT2D eigenvalue weighted by atomic mass is 10.1. The van der Waals surface area contributed by atoms with Gasteiger partial charge in [0.05, 0.1) is 19.6 Å². The molecule has 0 saturated carbocycles. The van der Waals surface area contributed by atoms with Crippen LogP contribution in [0.25, 0.3) is 0 Å². The number of ether oxygens (including phenoxy) is 2. The molecule has 2 aromatic carbocycles. The number of Topliss-reactive ketones (excluding diaryl/α,β-unsaturated/α-hetero) is 1. The summed E-state index contributed by atoms with van der Waals surface area (Å²) in [4.78, 5) is 48.7. The molecule has 1 fully saturated rings. The van der Waals surface area contributed by atoms with E-state index in [-0.39, 0.29) is 18.7 Å². The first-order valence-electron chi connectivity index (χ1n) is 8.98. The number of carbonyl (C=O) groups excluding carboxylic acids is 4. The Morgan fingerprint density at radius 3 is 2.52 bits per heavy atom. The Kier molecular flexibility index (Phi) is 6.23. The molecule has 150 valence electrons. The zero-order valence-electron chi connectivity index (χ0n) is 15.8. The molecule has 1 heterocycles. The van der Waals surface area contributed by atoms with E-state index in [0.717, 1.165) is 5.01 Å². The van der Waals surface area contributed by atoms with Crippen LogP contribution < -0.4 is 10.2 Å². The zero-order valence-corrected chi connectivity index (χ0v) is 15.8. The molecule has 0 aromatic heterocycles. The van der Waals surface area contributed by atoms with Crippen LogP contribution in [0.5, 0.6) is 5.75 Å². The first-order valence-corrected chi connectivity index (χ1v) is 8.98. The quantitative estimate of drug-likeness (QED) is 0.564. The van der Waals surface area contributed by atoms with Gasteiger partial charge in [-0.1, -0.05) is 30.3 Å². The Hall–Kier alpha value is -3.68. The second kappa shape index (κ2) is 9.01. The Balaban J connectivity index is 1.52. The van der Waals surface area contributed by atoms with Crippen LogP contribution in [-0.2, 0) is 14.3 Å². The highest BCUT2D eigenvalue weighted by molar-refractivity contribution is 5.99. The number of amides is 2. The normalized spacial score (nSPS) is 15.7. The number of nitrogens with zero attached hydrogens (tertiary/aromatic N) is 1. The summed E-state index contributed by atoms with van der Waals surface area (Å²) < 4.78 is 10.1. The van der Waals surface area contributed by atoms with E-state index in [1.807, 2.05) is 0 Å². The summed E-state index contributed by atoms with van der Waals surface area (Å²) in [6.07, 6.45) is -0.0960. The molecule has 0 aliphatic carbocycles. The molecule has 0 bridgehead atoms. The maximum atomic E-state index is 12.3. The summed E-state index contributed by atoms with van der Waals surface area (Å²) in [5.41, 5.74) is 3.25. The highest BCUT2D eigenvalue weighted by Crippen LogP contribution is 2.19. The van der Waals surface area contributed by atoms with Crippen LogP contribution >= 0.6 is 0 Å². The number of hydrogen-bond acceptors (Lipinski definition) is 6. The van der Waals surface area contributed by atoms with Gasteiger partial charge < -0.3 is 9.47 Å². The van der Waals surface area contributed by atoms with Gasteiger partial charge in [0.1, 0.15) is 5.75 Å². The van der Waals surface area contributed by atoms with Crippen molar-refractivity contribution in [2.24, 2.45) is 5.92 Å². The minimum absolute atomic E-state index is 0.0103. The lowest BCUT2D eigenvalue weighted by molar-refractivity contribution is -0.147.